The number of rotatable bonds is 5. The van der Waals surface area contributed by atoms with Crippen LogP contribution in [0.1, 0.15) is 15.9 Å². The highest BCUT2D eigenvalue weighted by molar-refractivity contribution is 5.96. The van der Waals surface area contributed by atoms with Crippen LogP contribution in [0.4, 0.5) is 5.69 Å². The van der Waals surface area contributed by atoms with Gasteiger partial charge in [-0.05, 0) is 48.9 Å². The molecule has 2 rings (SSSR count). The molecule has 0 bridgehead atoms. The second-order valence-electron chi connectivity index (χ2n) is 5.41. The summed E-state index contributed by atoms with van der Waals surface area (Å²) in [5, 5.41) is 2.56. The average molecular weight is 312 g/mol. The van der Waals surface area contributed by atoms with Gasteiger partial charge in [0.05, 0.1) is 0 Å². The lowest BCUT2D eigenvalue weighted by atomic mass is 10.2. The summed E-state index contributed by atoms with van der Waals surface area (Å²) in [6.07, 6.45) is 0. The van der Waals surface area contributed by atoms with Crippen LogP contribution in [-0.4, -0.2) is 32.5 Å². The smallest absolute Gasteiger partial charge is 0.330 e. The maximum atomic E-state index is 12.0. The zero-order chi connectivity index (χ0) is 16.8. The van der Waals surface area contributed by atoms with E-state index in [2.05, 4.69) is 5.32 Å². The number of carbonyl (C=O) groups excluding carboxylic acids is 2. The van der Waals surface area contributed by atoms with Gasteiger partial charge in [0.1, 0.15) is 12.3 Å². The molecular formula is C18H20N2O3. The van der Waals surface area contributed by atoms with E-state index in [1.807, 2.05) is 50.2 Å². The van der Waals surface area contributed by atoms with E-state index in [9.17, 15) is 9.59 Å². The Bertz CT molecular complexity index is 694. The number of hydrogen-bond acceptors (Lipinski definition) is 4. The molecule has 0 radical (unpaired) electrons. The third-order valence-electron chi connectivity index (χ3n) is 3.26. The Morgan fingerprint density at radius 1 is 1.09 bits per heavy atom. The van der Waals surface area contributed by atoms with Crippen LogP contribution >= 0.6 is 0 Å². The average Bonchev–Trinajstić information content (AvgIpc) is 2.52. The number of hydrogen-bond donors (Lipinski definition) is 1. The van der Waals surface area contributed by atoms with Crippen LogP contribution in [0.5, 0.6) is 5.75 Å². The first-order chi connectivity index (χ1) is 11.0. The van der Waals surface area contributed by atoms with Gasteiger partial charge in [-0.3, -0.25) is 4.79 Å². The van der Waals surface area contributed by atoms with Gasteiger partial charge in [0.2, 0.25) is 0 Å². The van der Waals surface area contributed by atoms with E-state index in [0.717, 1.165) is 11.3 Å². The number of nitrogens with one attached hydrogen (secondary N) is 1. The van der Waals surface area contributed by atoms with E-state index in [0.29, 0.717) is 11.3 Å². The van der Waals surface area contributed by atoms with Crippen molar-refractivity contribution in [2.45, 2.75) is 6.92 Å². The summed E-state index contributed by atoms with van der Waals surface area (Å²) in [5.41, 5.74) is 2.50. The fourth-order valence-corrected chi connectivity index (χ4v) is 2.01. The highest BCUT2D eigenvalue weighted by atomic mass is 16.5. The Kier molecular flexibility index (Phi) is 5.36. The van der Waals surface area contributed by atoms with E-state index in [-0.39, 0.29) is 12.5 Å². The summed E-state index contributed by atoms with van der Waals surface area (Å²) in [6.45, 7) is 1.73. The van der Waals surface area contributed by atoms with Gasteiger partial charge in [0.15, 0.2) is 0 Å². The number of amides is 1. The van der Waals surface area contributed by atoms with Gasteiger partial charge in [-0.25, -0.2) is 4.79 Å². The summed E-state index contributed by atoms with van der Waals surface area (Å²) in [5.74, 6) is -0.343. The summed E-state index contributed by atoms with van der Waals surface area (Å²) >= 11 is 0. The molecule has 2 aromatic rings. The first-order valence-corrected chi connectivity index (χ1v) is 7.28. The van der Waals surface area contributed by atoms with Crippen molar-refractivity contribution in [3.8, 4) is 5.75 Å². The summed E-state index contributed by atoms with van der Waals surface area (Å²) in [6, 6.07) is 14.3. The van der Waals surface area contributed by atoms with Crippen molar-refractivity contribution in [3.05, 3.63) is 59.7 Å². The maximum absolute atomic E-state index is 12.0. The number of benzene rings is 2. The number of esters is 1. The molecule has 5 heteroatoms. The zero-order valence-electron chi connectivity index (χ0n) is 13.5. The van der Waals surface area contributed by atoms with Gasteiger partial charge in [-0.2, -0.15) is 0 Å². The molecule has 0 aliphatic heterocycles. The minimum Gasteiger partial charge on any atom is -0.425 e. The molecule has 5 nitrogen and oxygen atoms in total. The molecule has 0 aromatic heterocycles. The number of carbonyl (C=O) groups is 2. The van der Waals surface area contributed by atoms with Crippen molar-refractivity contribution < 1.29 is 14.3 Å². The molecule has 0 saturated carbocycles. The number of ether oxygens (including phenoxy) is 1. The second-order valence-corrected chi connectivity index (χ2v) is 5.41. The van der Waals surface area contributed by atoms with Crippen LogP contribution in [0.25, 0.3) is 0 Å². The van der Waals surface area contributed by atoms with E-state index < -0.39 is 5.97 Å². The lowest BCUT2D eigenvalue weighted by molar-refractivity contribution is -0.133. The van der Waals surface area contributed by atoms with Crippen molar-refractivity contribution in [1.29, 1.82) is 0 Å². The first-order valence-electron chi connectivity index (χ1n) is 7.28. The van der Waals surface area contributed by atoms with E-state index in [1.54, 1.807) is 24.3 Å². The van der Waals surface area contributed by atoms with E-state index in [1.165, 1.54) is 0 Å². The third kappa shape index (κ3) is 4.85. The van der Waals surface area contributed by atoms with Gasteiger partial charge >= 0.3 is 5.97 Å². The molecule has 1 amide bonds. The quantitative estimate of drug-likeness (QED) is 0.680. The summed E-state index contributed by atoms with van der Waals surface area (Å²) in [4.78, 5) is 25.7. The Morgan fingerprint density at radius 2 is 1.78 bits per heavy atom. The molecule has 2 aromatic carbocycles. The third-order valence-corrected chi connectivity index (χ3v) is 3.26. The van der Waals surface area contributed by atoms with Gasteiger partial charge in [-0.1, -0.05) is 12.1 Å². The van der Waals surface area contributed by atoms with Crippen LogP contribution in [0.3, 0.4) is 0 Å². The van der Waals surface area contributed by atoms with E-state index in [4.69, 9.17) is 4.74 Å². The minimum absolute atomic E-state index is 0.178. The van der Waals surface area contributed by atoms with Crippen LogP contribution in [-0.2, 0) is 4.79 Å². The van der Waals surface area contributed by atoms with Crippen molar-refractivity contribution >= 4 is 17.6 Å². The molecule has 1 N–H and O–H groups in total. The normalized spacial score (nSPS) is 10.0. The number of aryl methyl sites for hydroxylation is 1. The highest BCUT2D eigenvalue weighted by Gasteiger charge is 2.10. The topological polar surface area (TPSA) is 58.6 Å². The van der Waals surface area contributed by atoms with Gasteiger partial charge < -0.3 is 15.0 Å². The molecular weight excluding hydrogens is 292 g/mol. The molecule has 0 heterocycles. The van der Waals surface area contributed by atoms with Crippen molar-refractivity contribution in [2.24, 2.45) is 0 Å². The molecule has 0 atom stereocenters. The van der Waals surface area contributed by atoms with Crippen LogP contribution in [0.15, 0.2) is 48.5 Å². The van der Waals surface area contributed by atoms with Gasteiger partial charge in [0.25, 0.3) is 5.91 Å². The van der Waals surface area contributed by atoms with Crippen molar-refractivity contribution in [3.63, 3.8) is 0 Å². The number of nitrogens with zero attached hydrogens (tertiary/aromatic N) is 1. The Labute approximate surface area is 135 Å². The van der Waals surface area contributed by atoms with Crippen LogP contribution in [0.2, 0.25) is 0 Å². The standard InChI is InChI=1S/C18H20N2O3/c1-13-5-4-6-16(11-13)23-17(21)12-19-18(22)14-7-9-15(10-8-14)20(2)3/h4-11H,12H2,1-3H3,(H,19,22). The lowest BCUT2D eigenvalue weighted by Gasteiger charge is -2.12. The molecule has 0 unspecified atom stereocenters. The zero-order valence-corrected chi connectivity index (χ0v) is 13.5. The molecule has 0 aliphatic rings. The summed E-state index contributed by atoms with van der Waals surface area (Å²) in [7, 11) is 3.85. The van der Waals surface area contributed by atoms with Crippen LogP contribution in [0, 0.1) is 6.92 Å². The SMILES string of the molecule is Cc1cccc(OC(=O)CNC(=O)c2ccc(N(C)C)cc2)c1. The predicted molar refractivity (Wildman–Crippen MR) is 89.9 cm³/mol. The largest absolute Gasteiger partial charge is 0.425 e. The molecule has 23 heavy (non-hydrogen) atoms. The highest BCUT2D eigenvalue weighted by Crippen LogP contribution is 2.13. The Balaban J connectivity index is 1.87. The van der Waals surface area contributed by atoms with Crippen molar-refractivity contribution in [1.82, 2.24) is 5.32 Å². The second kappa shape index (κ2) is 7.45. The van der Waals surface area contributed by atoms with Gasteiger partial charge in [-0.15, -0.1) is 0 Å². The molecule has 0 aliphatic carbocycles. The van der Waals surface area contributed by atoms with Crippen molar-refractivity contribution in [2.75, 3.05) is 25.5 Å². The fourth-order valence-electron chi connectivity index (χ4n) is 2.01. The Hall–Kier alpha value is -2.82. The predicted octanol–water partition coefficient (Wildman–Crippen LogP) is 2.40. The molecule has 0 fully saturated rings. The molecule has 0 saturated heterocycles. The monoisotopic (exact) mass is 312 g/mol. The maximum Gasteiger partial charge on any atom is 0.330 e. The van der Waals surface area contributed by atoms with Crippen LogP contribution < -0.4 is 15.0 Å². The lowest BCUT2D eigenvalue weighted by Crippen LogP contribution is -2.31. The fraction of sp³-hybridized carbons (Fsp3) is 0.222. The minimum atomic E-state index is -0.506. The molecule has 0 spiro atoms. The molecule has 120 valence electrons. The number of anilines is 1. The summed E-state index contributed by atoms with van der Waals surface area (Å²) < 4.78 is 5.17. The van der Waals surface area contributed by atoms with Gasteiger partial charge in [0, 0.05) is 25.3 Å². The Morgan fingerprint density at radius 3 is 2.39 bits per heavy atom. The van der Waals surface area contributed by atoms with E-state index >= 15 is 0 Å². The first kappa shape index (κ1) is 16.5.